The summed E-state index contributed by atoms with van der Waals surface area (Å²) >= 11 is 0. The van der Waals surface area contributed by atoms with Gasteiger partial charge < -0.3 is 5.11 Å². The minimum atomic E-state index is -1.14. The van der Waals surface area contributed by atoms with Crippen LogP contribution < -0.4 is 5.32 Å². The first-order chi connectivity index (χ1) is 7.88. The van der Waals surface area contributed by atoms with Crippen LogP contribution in [0.2, 0.25) is 0 Å². The Balaban J connectivity index is 2.84. The Kier molecular flexibility index (Phi) is 3.81. The van der Waals surface area contributed by atoms with E-state index >= 15 is 0 Å². The first kappa shape index (κ1) is 13.1. The molecule has 0 aliphatic carbocycles. The van der Waals surface area contributed by atoms with E-state index in [9.17, 15) is 9.18 Å². The molecule has 0 amide bonds. The molecular weight excluding hydrogens is 223 g/mol. The van der Waals surface area contributed by atoms with Crippen LogP contribution >= 0.6 is 0 Å². The molecule has 2 N–H and O–H groups in total. The quantitative estimate of drug-likeness (QED) is 0.833. The predicted molar refractivity (Wildman–Crippen MR) is 59.7 cm³/mol. The number of hydrogen-bond acceptors (Lipinski definition) is 3. The van der Waals surface area contributed by atoms with Crippen molar-refractivity contribution in [2.45, 2.75) is 25.9 Å². The zero-order valence-electron chi connectivity index (χ0n) is 9.62. The van der Waals surface area contributed by atoms with E-state index in [1.165, 1.54) is 26.0 Å². The number of nitriles is 1. The molecule has 0 radical (unpaired) electrons. The van der Waals surface area contributed by atoms with Crippen LogP contribution in [0.15, 0.2) is 18.2 Å². The number of halogens is 1. The molecule has 0 aliphatic heterocycles. The second-order valence-electron chi connectivity index (χ2n) is 4.17. The maximum Gasteiger partial charge on any atom is 0.323 e. The molecule has 1 aromatic rings. The molecule has 1 aromatic carbocycles. The lowest BCUT2D eigenvalue weighted by Crippen LogP contribution is -2.46. The Morgan fingerprint density at radius 3 is 2.76 bits per heavy atom. The molecule has 0 unspecified atom stereocenters. The van der Waals surface area contributed by atoms with Crippen LogP contribution in [0.25, 0.3) is 0 Å². The van der Waals surface area contributed by atoms with E-state index in [-0.39, 0.29) is 17.7 Å². The van der Waals surface area contributed by atoms with Crippen molar-refractivity contribution in [1.82, 2.24) is 5.32 Å². The third-order valence-corrected chi connectivity index (χ3v) is 2.45. The SMILES string of the molecule is CC(C)(NCc1cccc(C#N)c1F)C(=O)O. The minimum Gasteiger partial charge on any atom is -0.480 e. The third-order valence-electron chi connectivity index (χ3n) is 2.45. The average Bonchev–Trinajstić information content (AvgIpc) is 2.27. The second-order valence-corrected chi connectivity index (χ2v) is 4.17. The number of hydrogen-bond donors (Lipinski definition) is 2. The van der Waals surface area contributed by atoms with Crippen LogP contribution in [0.4, 0.5) is 4.39 Å². The van der Waals surface area contributed by atoms with Gasteiger partial charge in [0.1, 0.15) is 17.4 Å². The maximum absolute atomic E-state index is 13.6. The van der Waals surface area contributed by atoms with E-state index in [4.69, 9.17) is 10.4 Å². The van der Waals surface area contributed by atoms with Gasteiger partial charge in [0.2, 0.25) is 0 Å². The van der Waals surface area contributed by atoms with Crippen LogP contribution in [0.5, 0.6) is 0 Å². The number of aliphatic carboxylic acids is 1. The Morgan fingerprint density at radius 1 is 1.59 bits per heavy atom. The Labute approximate surface area is 98.7 Å². The summed E-state index contributed by atoms with van der Waals surface area (Å²) in [5.74, 6) is -1.63. The van der Waals surface area contributed by atoms with Gasteiger partial charge in [0, 0.05) is 12.1 Å². The van der Waals surface area contributed by atoms with Gasteiger partial charge in [-0.2, -0.15) is 5.26 Å². The van der Waals surface area contributed by atoms with Crippen molar-refractivity contribution in [2.24, 2.45) is 0 Å². The fraction of sp³-hybridized carbons (Fsp3) is 0.333. The monoisotopic (exact) mass is 236 g/mol. The number of carboxylic acid groups (broad SMARTS) is 1. The summed E-state index contributed by atoms with van der Waals surface area (Å²) in [7, 11) is 0. The van der Waals surface area contributed by atoms with Crippen molar-refractivity contribution in [3.63, 3.8) is 0 Å². The van der Waals surface area contributed by atoms with E-state index in [0.29, 0.717) is 0 Å². The van der Waals surface area contributed by atoms with Crippen LogP contribution in [-0.2, 0) is 11.3 Å². The van der Waals surface area contributed by atoms with Gasteiger partial charge in [-0.3, -0.25) is 10.1 Å². The van der Waals surface area contributed by atoms with Gasteiger partial charge >= 0.3 is 5.97 Å². The molecule has 0 saturated carbocycles. The van der Waals surface area contributed by atoms with Crippen LogP contribution in [0.3, 0.4) is 0 Å². The van der Waals surface area contributed by atoms with E-state index in [2.05, 4.69) is 5.32 Å². The lowest BCUT2D eigenvalue weighted by atomic mass is 10.0. The molecule has 0 heterocycles. The lowest BCUT2D eigenvalue weighted by molar-refractivity contribution is -0.143. The zero-order chi connectivity index (χ0) is 13.1. The van der Waals surface area contributed by atoms with Gasteiger partial charge in [-0.1, -0.05) is 12.1 Å². The predicted octanol–water partition coefficient (Wildman–Crippen LogP) is 1.65. The summed E-state index contributed by atoms with van der Waals surface area (Å²) in [6.45, 7) is 3.03. The molecule has 17 heavy (non-hydrogen) atoms. The smallest absolute Gasteiger partial charge is 0.323 e. The average molecular weight is 236 g/mol. The second kappa shape index (κ2) is 4.93. The third kappa shape index (κ3) is 3.02. The molecule has 90 valence electrons. The summed E-state index contributed by atoms with van der Waals surface area (Å²) in [4.78, 5) is 10.8. The molecule has 0 atom stereocenters. The Bertz CT molecular complexity index is 478. The van der Waals surface area contributed by atoms with Crippen molar-refractivity contribution >= 4 is 5.97 Å². The van der Waals surface area contributed by atoms with E-state index in [1.54, 1.807) is 12.1 Å². The van der Waals surface area contributed by atoms with Gasteiger partial charge in [0.05, 0.1) is 5.56 Å². The van der Waals surface area contributed by atoms with Crippen molar-refractivity contribution < 1.29 is 14.3 Å². The van der Waals surface area contributed by atoms with Crippen molar-refractivity contribution in [3.8, 4) is 6.07 Å². The summed E-state index contributed by atoms with van der Waals surface area (Å²) in [5.41, 5.74) is -0.912. The highest BCUT2D eigenvalue weighted by molar-refractivity contribution is 5.77. The molecule has 4 nitrogen and oxygen atoms in total. The normalized spacial score (nSPS) is 10.9. The van der Waals surface area contributed by atoms with Crippen molar-refractivity contribution in [3.05, 3.63) is 35.1 Å². The maximum atomic E-state index is 13.6. The number of benzene rings is 1. The summed E-state index contributed by atoms with van der Waals surface area (Å²) in [5, 5.41) is 20.3. The number of carbonyl (C=O) groups is 1. The fourth-order valence-electron chi connectivity index (χ4n) is 1.19. The van der Waals surface area contributed by atoms with Gasteiger partial charge in [-0.05, 0) is 19.9 Å². The first-order valence-electron chi connectivity index (χ1n) is 5.04. The van der Waals surface area contributed by atoms with Crippen molar-refractivity contribution in [2.75, 3.05) is 0 Å². The lowest BCUT2D eigenvalue weighted by Gasteiger charge is -2.21. The number of carboxylic acids is 1. The van der Waals surface area contributed by atoms with Gasteiger partial charge in [-0.25, -0.2) is 4.39 Å². The summed E-state index contributed by atoms with van der Waals surface area (Å²) in [6.07, 6.45) is 0. The standard InChI is InChI=1S/C12H13FN2O2/c1-12(2,11(16)17)15-7-9-5-3-4-8(6-14)10(9)13/h3-5,15H,7H2,1-2H3,(H,16,17). The Morgan fingerprint density at radius 2 is 2.24 bits per heavy atom. The highest BCUT2D eigenvalue weighted by atomic mass is 19.1. The minimum absolute atomic E-state index is 0.0440. The van der Waals surface area contributed by atoms with Gasteiger partial charge in [0.25, 0.3) is 0 Å². The number of nitrogens with zero attached hydrogens (tertiary/aromatic N) is 1. The number of rotatable bonds is 4. The molecular formula is C12H13FN2O2. The van der Waals surface area contributed by atoms with E-state index < -0.39 is 17.3 Å². The fourth-order valence-corrected chi connectivity index (χ4v) is 1.19. The van der Waals surface area contributed by atoms with Gasteiger partial charge in [-0.15, -0.1) is 0 Å². The summed E-state index contributed by atoms with van der Waals surface area (Å²) in [6, 6.07) is 6.19. The van der Waals surface area contributed by atoms with Crippen molar-refractivity contribution in [1.29, 1.82) is 5.26 Å². The largest absolute Gasteiger partial charge is 0.480 e. The van der Waals surface area contributed by atoms with Crippen LogP contribution in [0, 0.1) is 17.1 Å². The molecule has 1 rings (SSSR count). The molecule has 0 aliphatic rings. The van der Waals surface area contributed by atoms with Gasteiger partial charge in [0.15, 0.2) is 0 Å². The molecule has 0 saturated heterocycles. The highest BCUT2D eigenvalue weighted by Crippen LogP contribution is 2.13. The molecule has 0 fully saturated rings. The van der Waals surface area contributed by atoms with Crippen LogP contribution in [0.1, 0.15) is 25.0 Å². The topological polar surface area (TPSA) is 73.1 Å². The number of nitrogens with one attached hydrogen (secondary N) is 1. The Hall–Kier alpha value is -1.93. The molecule has 0 aromatic heterocycles. The highest BCUT2D eigenvalue weighted by Gasteiger charge is 2.26. The molecule has 5 heteroatoms. The first-order valence-corrected chi connectivity index (χ1v) is 5.04. The van der Waals surface area contributed by atoms with Crippen LogP contribution in [-0.4, -0.2) is 16.6 Å². The molecule has 0 spiro atoms. The van der Waals surface area contributed by atoms with E-state index in [1.807, 2.05) is 0 Å². The van der Waals surface area contributed by atoms with E-state index in [0.717, 1.165) is 0 Å². The zero-order valence-corrected chi connectivity index (χ0v) is 9.62. The molecule has 0 bridgehead atoms. The summed E-state index contributed by atoms with van der Waals surface area (Å²) < 4.78 is 13.6.